The van der Waals surface area contributed by atoms with E-state index in [2.05, 4.69) is 5.32 Å². The van der Waals surface area contributed by atoms with Crippen molar-refractivity contribution in [3.8, 4) is 5.69 Å². The molecule has 3 aromatic rings. The van der Waals surface area contributed by atoms with Gasteiger partial charge in [0.15, 0.2) is 0 Å². The van der Waals surface area contributed by atoms with Gasteiger partial charge < -0.3 is 10.1 Å². The van der Waals surface area contributed by atoms with Crippen molar-refractivity contribution in [2.75, 3.05) is 20.3 Å². The summed E-state index contributed by atoms with van der Waals surface area (Å²) in [5.74, 6) is -1.04. The number of ether oxygens (including phenoxy) is 1. The van der Waals surface area contributed by atoms with Gasteiger partial charge in [0, 0.05) is 13.7 Å². The molecule has 9 heteroatoms. The number of carbonyl (C=O) groups excluding carboxylic acids is 1. The van der Waals surface area contributed by atoms with Crippen molar-refractivity contribution in [2.24, 2.45) is 0 Å². The summed E-state index contributed by atoms with van der Waals surface area (Å²) < 4.78 is 20.8. The van der Waals surface area contributed by atoms with E-state index in [4.69, 9.17) is 16.3 Å². The number of nitrogens with one attached hydrogen (secondary N) is 1. The van der Waals surface area contributed by atoms with Crippen LogP contribution in [0.1, 0.15) is 24.9 Å². The number of halogens is 2. The summed E-state index contributed by atoms with van der Waals surface area (Å²) in [6.45, 7) is 4.20. The Labute approximate surface area is 183 Å². The minimum Gasteiger partial charge on any atom is -0.383 e. The molecule has 0 bridgehead atoms. The molecule has 0 spiro atoms. The highest BCUT2D eigenvalue weighted by atomic mass is 35.5. The molecule has 1 aromatic heterocycles. The zero-order valence-electron chi connectivity index (χ0n) is 17.4. The van der Waals surface area contributed by atoms with Crippen molar-refractivity contribution in [3.63, 3.8) is 0 Å². The minimum atomic E-state index is -0.864. The number of nitrogens with zero attached hydrogens (tertiary/aromatic N) is 2. The van der Waals surface area contributed by atoms with E-state index >= 15 is 0 Å². The highest BCUT2D eigenvalue weighted by molar-refractivity contribution is 6.30. The summed E-state index contributed by atoms with van der Waals surface area (Å²) in [6.07, 6.45) is 0.310. The number of hydrogen-bond acceptors (Lipinski definition) is 4. The van der Waals surface area contributed by atoms with E-state index in [1.54, 1.807) is 25.1 Å². The zero-order chi connectivity index (χ0) is 22.7. The lowest BCUT2D eigenvalue weighted by Crippen LogP contribution is -2.44. The monoisotopic (exact) mass is 447 g/mol. The number of hydrogen-bond donors (Lipinski definition) is 1. The Bertz CT molecular complexity index is 1250. The average molecular weight is 448 g/mol. The lowest BCUT2D eigenvalue weighted by atomic mass is 10.1. The number of fused-ring (bicyclic) bond motifs is 1. The van der Waals surface area contributed by atoms with Crippen LogP contribution in [-0.2, 0) is 9.53 Å². The van der Waals surface area contributed by atoms with E-state index in [0.29, 0.717) is 18.5 Å². The molecule has 1 atom stereocenters. The number of aromatic nitrogens is 2. The standard InChI is InChI=1S/C22H23ClFN3O4/c1-4-18(20(28)25-9-10-31-3)27-19-8-5-13(2)11-15(19)21(29)26(22(27)30)14-6-7-17(24)16(23)12-14/h5-8,11-12,18H,4,9-10H2,1-3H3,(H,25,28)/t18-/m0/s1. The molecular formula is C22H23ClFN3O4. The molecule has 0 saturated heterocycles. The molecule has 1 N–H and O–H groups in total. The first-order valence-electron chi connectivity index (χ1n) is 9.80. The normalized spacial score (nSPS) is 12.2. The molecule has 2 aromatic carbocycles. The Balaban J connectivity index is 2.32. The molecule has 7 nitrogen and oxygen atoms in total. The molecule has 31 heavy (non-hydrogen) atoms. The molecular weight excluding hydrogens is 425 g/mol. The van der Waals surface area contributed by atoms with Crippen molar-refractivity contribution >= 4 is 28.4 Å². The Morgan fingerprint density at radius 1 is 1.23 bits per heavy atom. The second-order valence-corrected chi connectivity index (χ2v) is 7.53. The smallest absolute Gasteiger partial charge is 0.336 e. The quantitative estimate of drug-likeness (QED) is 0.564. The number of aryl methyl sites for hydroxylation is 1. The van der Waals surface area contributed by atoms with Crippen LogP contribution in [0.2, 0.25) is 5.02 Å². The number of amides is 1. The molecule has 0 fully saturated rings. The van der Waals surface area contributed by atoms with Crippen molar-refractivity contribution in [1.29, 1.82) is 0 Å². The van der Waals surface area contributed by atoms with Gasteiger partial charge in [0.1, 0.15) is 11.9 Å². The van der Waals surface area contributed by atoms with Crippen molar-refractivity contribution in [1.82, 2.24) is 14.5 Å². The molecule has 0 aliphatic carbocycles. The van der Waals surface area contributed by atoms with Gasteiger partial charge in [0.05, 0.1) is 28.2 Å². The predicted molar refractivity (Wildman–Crippen MR) is 118 cm³/mol. The fraction of sp³-hybridized carbons (Fsp3) is 0.318. The number of rotatable bonds is 7. The van der Waals surface area contributed by atoms with E-state index in [0.717, 1.165) is 16.2 Å². The highest BCUT2D eigenvalue weighted by Gasteiger charge is 2.25. The van der Waals surface area contributed by atoms with Crippen LogP contribution >= 0.6 is 11.6 Å². The highest BCUT2D eigenvalue weighted by Crippen LogP contribution is 2.21. The van der Waals surface area contributed by atoms with Crippen molar-refractivity contribution < 1.29 is 13.9 Å². The third kappa shape index (κ3) is 4.40. The van der Waals surface area contributed by atoms with Gasteiger partial charge in [-0.15, -0.1) is 0 Å². The summed E-state index contributed by atoms with van der Waals surface area (Å²) in [6, 6.07) is 7.82. The Morgan fingerprint density at radius 3 is 2.61 bits per heavy atom. The third-order valence-corrected chi connectivity index (χ3v) is 5.30. The molecule has 0 saturated carbocycles. The van der Waals surface area contributed by atoms with Gasteiger partial charge in [-0.05, 0) is 43.7 Å². The Morgan fingerprint density at radius 2 is 1.97 bits per heavy atom. The molecule has 3 rings (SSSR count). The van der Waals surface area contributed by atoms with Crippen LogP contribution in [0.15, 0.2) is 46.0 Å². The molecule has 0 radical (unpaired) electrons. The minimum absolute atomic E-state index is 0.119. The number of benzene rings is 2. The second kappa shape index (κ2) is 9.45. The fourth-order valence-corrected chi connectivity index (χ4v) is 3.66. The Hall–Kier alpha value is -2.97. The van der Waals surface area contributed by atoms with Crippen LogP contribution < -0.4 is 16.6 Å². The van der Waals surface area contributed by atoms with E-state index in [1.807, 2.05) is 6.92 Å². The molecule has 0 aliphatic heterocycles. The third-order valence-electron chi connectivity index (χ3n) is 5.01. The topological polar surface area (TPSA) is 82.3 Å². The summed E-state index contributed by atoms with van der Waals surface area (Å²) in [5.41, 5.74) is -0.00174. The largest absolute Gasteiger partial charge is 0.383 e. The summed E-state index contributed by atoms with van der Waals surface area (Å²) in [4.78, 5) is 39.6. The first kappa shape index (κ1) is 22.7. The van der Waals surface area contributed by atoms with Crippen LogP contribution in [0.3, 0.4) is 0 Å². The lowest BCUT2D eigenvalue weighted by molar-refractivity contribution is -0.124. The summed E-state index contributed by atoms with van der Waals surface area (Å²) in [5, 5.41) is 2.79. The molecule has 164 valence electrons. The SMILES string of the molecule is CC[C@@H](C(=O)NCCOC)n1c(=O)n(-c2ccc(F)c(Cl)c2)c(=O)c2cc(C)ccc21. The lowest BCUT2D eigenvalue weighted by Gasteiger charge is -2.22. The van der Waals surface area contributed by atoms with Gasteiger partial charge in [-0.1, -0.05) is 30.2 Å². The van der Waals surface area contributed by atoms with Crippen LogP contribution in [0, 0.1) is 12.7 Å². The van der Waals surface area contributed by atoms with Crippen LogP contribution in [0.25, 0.3) is 16.6 Å². The summed E-state index contributed by atoms with van der Waals surface area (Å²) >= 11 is 5.89. The second-order valence-electron chi connectivity index (χ2n) is 7.12. The summed E-state index contributed by atoms with van der Waals surface area (Å²) in [7, 11) is 1.52. The molecule has 1 heterocycles. The zero-order valence-corrected chi connectivity index (χ0v) is 18.2. The fourth-order valence-electron chi connectivity index (χ4n) is 3.48. The predicted octanol–water partition coefficient (Wildman–Crippen LogP) is 2.97. The van der Waals surface area contributed by atoms with Gasteiger partial charge in [0.2, 0.25) is 5.91 Å². The first-order valence-corrected chi connectivity index (χ1v) is 10.2. The van der Waals surface area contributed by atoms with Crippen LogP contribution in [0.5, 0.6) is 0 Å². The van der Waals surface area contributed by atoms with Gasteiger partial charge in [-0.3, -0.25) is 14.2 Å². The van der Waals surface area contributed by atoms with E-state index in [-0.39, 0.29) is 28.5 Å². The maximum atomic E-state index is 13.7. The molecule has 1 amide bonds. The van der Waals surface area contributed by atoms with Gasteiger partial charge in [-0.2, -0.15) is 0 Å². The van der Waals surface area contributed by atoms with Gasteiger partial charge >= 0.3 is 5.69 Å². The van der Waals surface area contributed by atoms with Gasteiger partial charge in [-0.25, -0.2) is 13.8 Å². The maximum absolute atomic E-state index is 13.7. The van der Waals surface area contributed by atoms with Crippen LogP contribution in [-0.4, -0.2) is 35.3 Å². The number of carbonyl (C=O) groups is 1. The van der Waals surface area contributed by atoms with Crippen molar-refractivity contribution in [3.05, 3.63) is 73.6 Å². The van der Waals surface area contributed by atoms with E-state index in [9.17, 15) is 18.8 Å². The molecule has 0 aliphatic rings. The van der Waals surface area contributed by atoms with E-state index in [1.165, 1.54) is 23.8 Å². The molecule has 0 unspecified atom stereocenters. The van der Waals surface area contributed by atoms with E-state index < -0.39 is 23.1 Å². The Kier molecular flexibility index (Phi) is 6.92. The van der Waals surface area contributed by atoms with Crippen LogP contribution in [0.4, 0.5) is 4.39 Å². The van der Waals surface area contributed by atoms with Gasteiger partial charge in [0.25, 0.3) is 5.56 Å². The first-order chi connectivity index (χ1) is 14.8. The maximum Gasteiger partial charge on any atom is 0.336 e. The average Bonchev–Trinajstić information content (AvgIpc) is 2.74. The van der Waals surface area contributed by atoms with Crippen molar-refractivity contribution in [2.45, 2.75) is 26.3 Å². The number of methoxy groups -OCH3 is 1.